The van der Waals surface area contributed by atoms with E-state index in [1.807, 2.05) is 4.90 Å². The number of halogens is 3. The minimum atomic E-state index is -4.41. The van der Waals surface area contributed by atoms with Crippen LogP contribution in [-0.4, -0.2) is 32.8 Å². The maximum absolute atomic E-state index is 12.7. The first-order valence-electron chi connectivity index (χ1n) is 6.67. The first kappa shape index (κ1) is 13.8. The Bertz CT molecular complexity index is 588. The van der Waals surface area contributed by atoms with Crippen molar-refractivity contribution < 1.29 is 13.2 Å². The van der Waals surface area contributed by atoms with E-state index >= 15 is 0 Å². The molecule has 3 rings (SSSR count). The average molecular weight is 297 g/mol. The number of piperidine rings is 1. The minimum absolute atomic E-state index is 0.245. The van der Waals surface area contributed by atoms with Crippen molar-refractivity contribution in [3.63, 3.8) is 0 Å². The van der Waals surface area contributed by atoms with Crippen molar-refractivity contribution in [1.82, 2.24) is 19.7 Å². The van der Waals surface area contributed by atoms with Crippen LogP contribution in [0.2, 0.25) is 0 Å². The molecule has 0 aliphatic carbocycles. The van der Waals surface area contributed by atoms with Gasteiger partial charge in [-0.05, 0) is 25.0 Å². The van der Waals surface area contributed by atoms with E-state index in [1.54, 1.807) is 17.1 Å². The zero-order valence-corrected chi connectivity index (χ0v) is 11.2. The van der Waals surface area contributed by atoms with Gasteiger partial charge in [-0.25, -0.2) is 14.6 Å². The third kappa shape index (κ3) is 2.98. The zero-order chi connectivity index (χ0) is 14.9. The molecule has 1 fully saturated rings. The largest absolute Gasteiger partial charge is 0.433 e. The lowest BCUT2D eigenvalue weighted by Gasteiger charge is -2.32. The topological polar surface area (TPSA) is 46.8 Å². The van der Waals surface area contributed by atoms with Crippen LogP contribution in [0.1, 0.15) is 24.6 Å². The summed E-state index contributed by atoms with van der Waals surface area (Å²) in [6.45, 7) is 1.30. The highest BCUT2D eigenvalue weighted by molar-refractivity contribution is 5.40. The molecule has 0 saturated carbocycles. The molecule has 0 unspecified atom stereocenters. The number of alkyl halides is 3. The fourth-order valence-corrected chi connectivity index (χ4v) is 2.52. The van der Waals surface area contributed by atoms with E-state index in [1.165, 1.54) is 12.4 Å². The second-order valence-electron chi connectivity index (χ2n) is 4.97. The molecule has 1 saturated heterocycles. The Morgan fingerprint density at radius 1 is 1.14 bits per heavy atom. The van der Waals surface area contributed by atoms with Crippen LogP contribution in [0.25, 0.3) is 0 Å². The van der Waals surface area contributed by atoms with E-state index in [0.29, 0.717) is 18.9 Å². The van der Waals surface area contributed by atoms with Gasteiger partial charge >= 0.3 is 6.18 Å². The molecule has 112 valence electrons. The van der Waals surface area contributed by atoms with E-state index in [2.05, 4.69) is 15.1 Å². The summed E-state index contributed by atoms with van der Waals surface area (Å²) in [6.07, 6.45) is 0.362. The molecule has 8 heteroatoms. The number of anilines is 1. The third-order valence-corrected chi connectivity index (χ3v) is 3.62. The van der Waals surface area contributed by atoms with Gasteiger partial charge in [0.2, 0.25) is 0 Å². The molecule has 0 N–H and O–H groups in total. The Morgan fingerprint density at radius 2 is 1.90 bits per heavy atom. The van der Waals surface area contributed by atoms with Crippen molar-refractivity contribution in [3.8, 4) is 0 Å². The second kappa shape index (κ2) is 5.34. The Kier molecular flexibility index (Phi) is 3.52. The summed E-state index contributed by atoms with van der Waals surface area (Å²) < 4.78 is 39.9. The van der Waals surface area contributed by atoms with Crippen LogP contribution in [0.15, 0.2) is 30.9 Å². The average Bonchev–Trinajstić information content (AvgIpc) is 3.01. The predicted molar refractivity (Wildman–Crippen MR) is 69.7 cm³/mol. The summed E-state index contributed by atoms with van der Waals surface area (Å²) in [5.74, 6) is 0.377. The standard InChI is InChI=1S/C13H14F3N5/c14-13(15,16)11-2-1-3-12(19-11)20-6-4-10(5-7-20)21-9-17-8-18-21/h1-3,8-10H,4-7H2. The van der Waals surface area contributed by atoms with Gasteiger partial charge in [0.05, 0.1) is 6.04 Å². The Balaban J connectivity index is 1.70. The minimum Gasteiger partial charge on any atom is -0.356 e. The smallest absolute Gasteiger partial charge is 0.356 e. The molecule has 0 aromatic carbocycles. The van der Waals surface area contributed by atoms with Gasteiger partial charge in [0, 0.05) is 13.1 Å². The van der Waals surface area contributed by atoms with Crippen molar-refractivity contribution >= 4 is 5.82 Å². The van der Waals surface area contributed by atoms with Gasteiger partial charge in [-0.1, -0.05) is 6.07 Å². The van der Waals surface area contributed by atoms with Gasteiger partial charge in [0.1, 0.15) is 24.2 Å². The van der Waals surface area contributed by atoms with Gasteiger partial charge < -0.3 is 4.90 Å². The highest BCUT2D eigenvalue weighted by Gasteiger charge is 2.33. The summed E-state index contributed by atoms with van der Waals surface area (Å²) >= 11 is 0. The van der Waals surface area contributed by atoms with Crippen molar-refractivity contribution in [3.05, 3.63) is 36.5 Å². The van der Waals surface area contributed by atoms with Crippen molar-refractivity contribution in [2.75, 3.05) is 18.0 Å². The maximum atomic E-state index is 12.7. The summed E-state index contributed by atoms with van der Waals surface area (Å²) in [5, 5.41) is 4.11. The Hall–Kier alpha value is -2.12. The molecule has 3 heterocycles. The normalized spacial score (nSPS) is 17.2. The van der Waals surface area contributed by atoms with Crippen LogP contribution in [0.5, 0.6) is 0 Å². The lowest BCUT2D eigenvalue weighted by molar-refractivity contribution is -0.141. The fourth-order valence-electron chi connectivity index (χ4n) is 2.52. The first-order valence-corrected chi connectivity index (χ1v) is 6.67. The molecule has 0 amide bonds. The molecular weight excluding hydrogens is 283 g/mol. The third-order valence-electron chi connectivity index (χ3n) is 3.62. The molecule has 2 aromatic rings. The summed E-state index contributed by atoms with van der Waals surface area (Å²) in [6, 6.07) is 4.25. The molecule has 0 spiro atoms. The number of rotatable bonds is 2. The van der Waals surface area contributed by atoms with E-state index in [-0.39, 0.29) is 6.04 Å². The molecule has 0 radical (unpaired) electrons. The van der Waals surface area contributed by atoms with Crippen LogP contribution in [0.4, 0.5) is 19.0 Å². The van der Waals surface area contributed by atoms with Crippen molar-refractivity contribution in [1.29, 1.82) is 0 Å². The van der Waals surface area contributed by atoms with Gasteiger partial charge in [-0.2, -0.15) is 18.3 Å². The number of aromatic nitrogens is 4. The van der Waals surface area contributed by atoms with Crippen LogP contribution in [0.3, 0.4) is 0 Å². The molecule has 1 aliphatic heterocycles. The van der Waals surface area contributed by atoms with Gasteiger partial charge in [0.15, 0.2) is 0 Å². The molecule has 0 bridgehead atoms. The second-order valence-corrected chi connectivity index (χ2v) is 4.97. The first-order chi connectivity index (χ1) is 10.0. The van der Waals surface area contributed by atoms with Gasteiger partial charge in [0.25, 0.3) is 0 Å². The van der Waals surface area contributed by atoms with E-state index in [9.17, 15) is 13.2 Å². The summed E-state index contributed by atoms with van der Waals surface area (Å²) in [7, 11) is 0. The number of hydrogen-bond donors (Lipinski definition) is 0. The van der Waals surface area contributed by atoms with Crippen LogP contribution in [0, 0.1) is 0 Å². The van der Waals surface area contributed by atoms with Crippen LogP contribution < -0.4 is 4.90 Å². The van der Waals surface area contributed by atoms with E-state index < -0.39 is 11.9 Å². The Labute approximate surface area is 119 Å². The molecule has 5 nitrogen and oxygen atoms in total. The lowest BCUT2D eigenvalue weighted by Crippen LogP contribution is -2.35. The zero-order valence-electron chi connectivity index (χ0n) is 11.2. The highest BCUT2D eigenvalue weighted by atomic mass is 19.4. The summed E-state index contributed by atoms with van der Waals surface area (Å²) in [5.41, 5.74) is -0.849. The van der Waals surface area contributed by atoms with Crippen LogP contribution in [-0.2, 0) is 6.18 Å². The number of hydrogen-bond acceptors (Lipinski definition) is 4. The van der Waals surface area contributed by atoms with Gasteiger partial charge in [-0.15, -0.1) is 0 Å². The van der Waals surface area contributed by atoms with Crippen molar-refractivity contribution in [2.45, 2.75) is 25.1 Å². The molecule has 2 aromatic heterocycles. The van der Waals surface area contributed by atoms with Gasteiger partial charge in [-0.3, -0.25) is 0 Å². The molecular formula is C13H14F3N5. The van der Waals surface area contributed by atoms with Crippen molar-refractivity contribution in [2.24, 2.45) is 0 Å². The quantitative estimate of drug-likeness (QED) is 0.854. The highest BCUT2D eigenvalue weighted by Crippen LogP contribution is 2.30. The predicted octanol–water partition coefficient (Wildman–Crippen LogP) is 2.53. The molecule has 1 aliphatic rings. The fraction of sp³-hybridized carbons (Fsp3) is 0.462. The maximum Gasteiger partial charge on any atom is 0.433 e. The lowest BCUT2D eigenvalue weighted by atomic mass is 10.1. The number of nitrogens with zero attached hydrogens (tertiary/aromatic N) is 5. The molecule has 0 atom stereocenters. The van der Waals surface area contributed by atoms with E-state index in [4.69, 9.17) is 0 Å². The monoisotopic (exact) mass is 297 g/mol. The van der Waals surface area contributed by atoms with E-state index in [0.717, 1.165) is 18.9 Å². The molecule has 21 heavy (non-hydrogen) atoms. The SMILES string of the molecule is FC(F)(F)c1cccc(N2CCC(n3cncn3)CC2)n1. The Morgan fingerprint density at radius 3 is 2.52 bits per heavy atom. The number of pyridine rings is 1. The summed E-state index contributed by atoms with van der Waals surface area (Å²) in [4.78, 5) is 9.51. The van der Waals surface area contributed by atoms with Crippen LogP contribution >= 0.6 is 0 Å².